The molecule has 1 aromatic heterocycles. The van der Waals surface area contributed by atoms with Gasteiger partial charge >= 0.3 is 0 Å². The summed E-state index contributed by atoms with van der Waals surface area (Å²) < 4.78 is 10.5. The van der Waals surface area contributed by atoms with E-state index in [1.807, 2.05) is 24.3 Å². The summed E-state index contributed by atoms with van der Waals surface area (Å²) >= 11 is 12.7. The predicted molar refractivity (Wildman–Crippen MR) is 160 cm³/mol. The molecule has 1 saturated heterocycles. The Morgan fingerprint density at radius 3 is 2.18 bits per heavy atom. The van der Waals surface area contributed by atoms with Crippen LogP contribution in [-0.2, 0) is 0 Å². The number of pyridine rings is 1. The van der Waals surface area contributed by atoms with Gasteiger partial charge in [-0.3, -0.25) is 9.79 Å². The van der Waals surface area contributed by atoms with Crippen LogP contribution in [0, 0.1) is 0 Å². The average molecular weight is 574 g/mol. The monoisotopic (exact) mass is 572 g/mol. The van der Waals surface area contributed by atoms with Crippen molar-refractivity contribution < 1.29 is 14.3 Å². The zero-order valence-corrected chi connectivity index (χ0v) is 24.3. The number of nitrogen functional groups attached to an aromatic ring is 1. The zero-order chi connectivity index (χ0) is 28.7. The molecule has 0 radical (unpaired) electrons. The van der Waals surface area contributed by atoms with E-state index in [1.165, 1.54) is 26.3 Å². The fraction of sp³-hybridized carbons (Fsp3) is 0.321. The van der Waals surface area contributed by atoms with Gasteiger partial charge in [-0.1, -0.05) is 23.2 Å². The number of carbonyl (C=O) groups excluding carboxylic acids is 1. The van der Waals surface area contributed by atoms with Crippen molar-refractivity contribution in [1.29, 1.82) is 0 Å². The minimum atomic E-state index is 0.222. The minimum absolute atomic E-state index is 0.222. The number of ether oxygens (including phenoxy) is 2. The van der Waals surface area contributed by atoms with Crippen LogP contribution in [-0.4, -0.2) is 76.5 Å². The second kappa shape index (κ2) is 13.5. The van der Waals surface area contributed by atoms with Gasteiger partial charge in [-0.2, -0.15) is 0 Å². The van der Waals surface area contributed by atoms with Gasteiger partial charge in [0.25, 0.3) is 0 Å². The molecule has 1 atom stereocenters. The first-order valence-electron chi connectivity index (χ1n) is 12.2. The molecule has 2 heterocycles. The highest BCUT2D eigenvalue weighted by Crippen LogP contribution is 2.45. The molecule has 2 aromatic carbocycles. The molecule has 4 rings (SSSR count). The normalized spacial score (nSPS) is 15.1. The van der Waals surface area contributed by atoms with Gasteiger partial charge in [0.1, 0.15) is 29.4 Å². The molecule has 0 saturated carbocycles. The molecular weight excluding hydrogens is 539 g/mol. The van der Waals surface area contributed by atoms with Crippen molar-refractivity contribution >= 4 is 46.8 Å². The SMILES string of the molecule is CN(C)C1CCN(c2ccc(C=O)cc2)C1.CN=C(N)c1ccc(-c2c(Cl)c(OC)cc(OC)c2Cl)nc1N. The molecule has 0 aliphatic carbocycles. The number of aldehydes is 1. The maximum absolute atomic E-state index is 10.6. The van der Waals surface area contributed by atoms with Gasteiger partial charge in [-0.05, 0) is 56.9 Å². The Morgan fingerprint density at radius 1 is 1.10 bits per heavy atom. The number of anilines is 2. The van der Waals surface area contributed by atoms with Gasteiger partial charge in [0.2, 0.25) is 0 Å². The number of methoxy groups -OCH3 is 2. The van der Waals surface area contributed by atoms with Crippen molar-refractivity contribution in [1.82, 2.24) is 9.88 Å². The lowest BCUT2D eigenvalue weighted by molar-refractivity contribution is 0.112. The number of rotatable bonds is 7. The summed E-state index contributed by atoms with van der Waals surface area (Å²) in [4.78, 5) is 23.4. The fourth-order valence-electron chi connectivity index (χ4n) is 4.22. The third-order valence-electron chi connectivity index (χ3n) is 6.56. The van der Waals surface area contributed by atoms with Crippen LogP contribution in [0.5, 0.6) is 11.5 Å². The molecule has 208 valence electrons. The second-order valence-electron chi connectivity index (χ2n) is 9.08. The number of hydrogen-bond donors (Lipinski definition) is 2. The van der Waals surface area contributed by atoms with E-state index < -0.39 is 0 Å². The number of hydrogen-bond acceptors (Lipinski definition) is 8. The number of benzene rings is 2. The van der Waals surface area contributed by atoms with Crippen LogP contribution in [0.2, 0.25) is 10.0 Å². The summed E-state index contributed by atoms with van der Waals surface area (Å²) in [6.07, 6.45) is 2.10. The smallest absolute Gasteiger partial charge is 0.150 e. The summed E-state index contributed by atoms with van der Waals surface area (Å²) in [5.74, 6) is 1.35. The topological polar surface area (TPSA) is 119 Å². The lowest BCUT2D eigenvalue weighted by Crippen LogP contribution is -2.31. The molecule has 9 nitrogen and oxygen atoms in total. The maximum atomic E-state index is 10.6. The first kappa shape index (κ1) is 30.0. The summed E-state index contributed by atoms with van der Waals surface area (Å²) in [5, 5.41) is 0.630. The van der Waals surface area contributed by atoms with Crippen LogP contribution in [0.4, 0.5) is 11.5 Å². The van der Waals surface area contributed by atoms with E-state index in [2.05, 4.69) is 33.9 Å². The highest BCUT2D eigenvalue weighted by molar-refractivity contribution is 6.41. The van der Waals surface area contributed by atoms with E-state index in [1.54, 1.807) is 25.2 Å². The molecule has 1 aliphatic rings. The number of amidine groups is 1. The summed E-state index contributed by atoms with van der Waals surface area (Å²) in [7, 11) is 8.83. The van der Waals surface area contributed by atoms with Crippen molar-refractivity contribution in [2.24, 2.45) is 10.7 Å². The lowest BCUT2D eigenvalue weighted by Gasteiger charge is -2.21. The van der Waals surface area contributed by atoms with E-state index in [0.717, 1.165) is 24.9 Å². The van der Waals surface area contributed by atoms with Crippen molar-refractivity contribution in [3.8, 4) is 22.8 Å². The summed E-state index contributed by atoms with van der Waals surface area (Å²) in [5.41, 5.74) is 15.2. The van der Waals surface area contributed by atoms with Crippen molar-refractivity contribution in [3.05, 3.63) is 63.6 Å². The van der Waals surface area contributed by atoms with Crippen LogP contribution >= 0.6 is 23.2 Å². The summed E-state index contributed by atoms with van der Waals surface area (Å²) in [6.45, 7) is 2.18. The molecule has 0 spiro atoms. The van der Waals surface area contributed by atoms with Gasteiger partial charge in [0, 0.05) is 49.1 Å². The Balaban J connectivity index is 0.000000230. The highest BCUT2D eigenvalue weighted by atomic mass is 35.5. The Bertz CT molecular complexity index is 1300. The number of nitrogens with two attached hydrogens (primary N) is 2. The molecule has 1 unspecified atom stereocenters. The second-order valence-corrected chi connectivity index (χ2v) is 9.84. The lowest BCUT2D eigenvalue weighted by atomic mass is 10.1. The number of aromatic nitrogens is 1. The van der Waals surface area contributed by atoms with Crippen LogP contribution < -0.4 is 25.8 Å². The molecule has 39 heavy (non-hydrogen) atoms. The Morgan fingerprint density at radius 2 is 1.72 bits per heavy atom. The van der Waals surface area contributed by atoms with Gasteiger partial charge in [0.15, 0.2) is 0 Å². The number of aliphatic imine (C=N–C) groups is 1. The van der Waals surface area contributed by atoms with E-state index in [4.69, 9.17) is 44.1 Å². The number of carbonyl (C=O) groups is 1. The van der Waals surface area contributed by atoms with Gasteiger partial charge < -0.3 is 30.7 Å². The number of halogens is 2. The molecule has 3 aromatic rings. The first-order valence-corrected chi connectivity index (χ1v) is 13.0. The molecule has 4 N–H and O–H groups in total. The van der Waals surface area contributed by atoms with Gasteiger partial charge in [-0.25, -0.2) is 4.98 Å². The number of nitrogens with zero attached hydrogens (tertiary/aromatic N) is 4. The number of likely N-dealkylation sites (N-methyl/N-ethyl adjacent to an activating group) is 1. The van der Waals surface area contributed by atoms with E-state index >= 15 is 0 Å². The largest absolute Gasteiger partial charge is 0.495 e. The van der Waals surface area contributed by atoms with Gasteiger partial charge in [-0.15, -0.1) is 0 Å². The minimum Gasteiger partial charge on any atom is -0.495 e. The molecule has 0 bridgehead atoms. The highest BCUT2D eigenvalue weighted by Gasteiger charge is 2.24. The Labute approximate surface area is 239 Å². The predicted octanol–water partition coefficient (Wildman–Crippen LogP) is 4.63. The van der Waals surface area contributed by atoms with Crippen LogP contribution in [0.1, 0.15) is 22.3 Å². The third kappa shape index (κ3) is 6.92. The standard InChI is InChI=1S/C15H16Cl2N4O2.C13H18N2O/c1-20-14(18)7-4-5-8(21-15(7)19)11-12(16)9(22-2)6-10(23-3)13(11)17;1-14(2)13-7-8-15(9-13)12-5-3-11(10-16)4-6-12/h4-6H,1-3H3,(H2,18,20)(H2,19,21);3-6,10,13H,7-9H2,1-2H3. The van der Waals surface area contributed by atoms with E-state index in [-0.39, 0.29) is 5.82 Å². The van der Waals surface area contributed by atoms with E-state index in [9.17, 15) is 4.79 Å². The van der Waals surface area contributed by atoms with Crippen molar-refractivity contribution in [2.75, 3.05) is 59.1 Å². The first-order chi connectivity index (χ1) is 18.6. The average Bonchev–Trinajstić information content (AvgIpc) is 3.44. The Kier molecular flexibility index (Phi) is 10.4. The zero-order valence-electron chi connectivity index (χ0n) is 22.7. The fourth-order valence-corrected chi connectivity index (χ4v) is 4.92. The Hall–Kier alpha value is -3.53. The maximum Gasteiger partial charge on any atom is 0.150 e. The molecule has 1 fully saturated rings. The van der Waals surface area contributed by atoms with E-state index in [0.29, 0.717) is 50.2 Å². The molecule has 0 amide bonds. The quantitative estimate of drug-likeness (QED) is 0.239. The molecule has 11 heteroatoms. The molecular formula is C28H34Cl2N6O3. The summed E-state index contributed by atoms with van der Waals surface area (Å²) in [6, 6.07) is 13.5. The van der Waals surface area contributed by atoms with Crippen molar-refractivity contribution in [2.45, 2.75) is 12.5 Å². The van der Waals surface area contributed by atoms with Crippen molar-refractivity contribution in [3.63, 3.8) is 0 Å². The third-order valence-corrected chi connectivity index (χ3v) is 7.31. The van der Waals surface area contributed by atoms with Crippen LogP contribution in [0.25, 0.3) is 11.3 Å². The van der Waals surface area contributed by atoms with Gasteiger partial charge in [0.05, 0.1) is 35.5 Å². The molecule has 1 aliphatic heterocycles. The van der Waals surface area contributed by atoms with Crippen LogP contribution in [0.15, 0.2) is 47.5 Å². The van der Waals surface area contributed by atoms with Crippen LogP contribution in [0.3, 0.4) is 0 Å².